The molecule has 0 atom stereocenters. The van der Waals surface area contributed by atoms with Crippen molar-refractivity contribution < 1.29 is 17.1 Å². The largest absolute Gasteiger partial charge is 1.00 e. The summed E-state index contributed by atoms with van der Waals surface area (Å²) in [5.41, 5.74) is 2.43. The molecule has 1 aromatic heterocycles. The highest BCUT2D eigenvalue weighted by Crippen LogP contribution is 2.13. The third-order valence-electron chi connectivity index (χ3n) is 2.69. The Bertz CT molecular complexity index is 544. The van der Waals surface area contributed by atoms with Gasteiger partial charge >= 0.3 is 5.96 Å². The first kappa shape index (κ1) is 11.0. The Balaban J connectivity index is 0.000000963. The summed E-state index contributed by atoms with van der Waals surface area (Å²) >= 11 is 0. The van der Waals surface area contributed by atoms with Crippen LogP contribution in [0.1, 0.15) is 5.56 Å². The minimum absolute atomic E-state index is 0. The van der Waals surface area contributed by atoms with Crippen molar-refractivity contribution in [2.75, 3.05) is 13.1 Å². The number of nitrogens with zero attached hydrogens (tertiary/aromatic N) is 2. The molecule has 0 bridgehead atoms. The first-order valence-electron chi connectivity index (χ1n) is 5.13. The molecular weight excluding hydrogens is 224 g/mol. The van der Waals surface area contributed by atoms with Crippen molar-refractivity contribution in [3.05, 3.63) is 30.0 Å². The van der Waals surface area contributed by atoms with Crippen LogP contribution in [0.15, 0.2) is 29.4 Å². The van der Waals surface area contributed by atoms with Crippen LogP contribution < -0.4 is 22.4 Å². The lowest BCUT2D eigenvalue weighted by Gasteiger charge is -1.92. The average molecular weight is 237 g/mol. The second kappa shape index (κ2) is 4.14. The summed E-state index contributed by atoms with van der Waals surface area (Å²) in [6.45, 7) is 3.89. The van der Waals surface area contributed by atoms with Crippen molar-refractivity contribution in [2.45, 2.75) is 6.92 Å². The molecule has 4 nitrogen and oxygen atoms in total. The minimum atomic E-state index is 0. The number of hydrogen-bond acceptors (Lipinski definition) is 2. The molecule has 3 rings (SSSR count). The van der Waals surface area contributed by atoms with E-state index in [1.165, 1.54) is 16.5 Å². The average Bonchev–Trinajstić information content (AvgIpc) is 2.86. The van der Waals surface area contributed by atoms with E-state index in [0.717, 1.165) is 19.0 Å². The van der Waals surface area contributed by atoms with Crippen molar-refractivity contribution in [3.63, 3.8) is 0 Å². The van der Waals surface area contributed by atoms with Gasteiger partial charge in [-0.3, -0.25) is 5.32 Å². The van der Waals surface area contributed by atoms with Gasteiger partial charge in [-0.25, -0.2) is 5.10 Å². The first-order chi connectivity index (χ1) is 7.34. The van der Waals surface area contributed by atoms with Gasteiger partial charge < -0.3 is 12.4 Å². The summed E-state index contributed by atoms with van der Waals surface area (Å²) in [6.07, 6.45) is 2.07. The fraction of sp³-hybridized carbons (Fsp3) is 0.273. The Morgan fingerprint density at radius 3 is 2.94 bits per heavy atom. The summed E-state index contributed by atoms with van der Waals surface area (Å²) in [4.78, 5) is 4.37. The number of para-hydroxylation sites is 1. The lowest BCUT2D eigenvalue weighted by atomic mass is 10.2. The highest BCUT2D eigenvalue weighted by molar-refractivity contribution is 5.82. The monoisotopic (exact) mass is 236 g/mol. The summed E-state index contributed by atoms with van der Waals surface area (Å²) in [7, 11) is 0. The number of benzene rings is 1. The van der Waals surface area contributed by atoms with E-state index in [4.69, 9.17) is 0 Å². The SMILES string of the molecule is Cc1cccc2c[n+](C3=NCCN3)[nH]c12.[Cl-]. The van der Waals surface area contributed by atoms with Crippen LogP contribution in [0.25, 0.3) is 10.9 Å². The molecule has 1 aliphatic heterocycles. The predicted octanol–water partition coefficient (Wildman–Crippen LogP) is -2.42. The van der Waals surface area contributed by atoms with E-state index >= 15 is 0 Å². The predicted molar refractivity (Wildman–Crippen MR) is 58.9 cm³/mol. The Hall–Kier alpha value is -1.55. The number of aryl methyl sites for hydroxylation is 1. The first-order valence-corrected chi connectivity index (χ1v) is 5.13. The number of aromatic amines is 1. The number of rotatable bonds is 0. The summed E-state index contributed by atoms with van der Waals surface area (Å²) in [5.74, 6) is 0.908. The molecule has 0 radical (unpaired) electrons. The molecule has 16 heavy (non-hydrogen) atoms. The van der Waals surface area contributed by atoms with Crippen LogP contribution in [-0.2, 0) is 0 Å². The maximum atomic E-state index is 4.37. The van der Waals surface area contributed by atoms with Crippen LogP contribution >= 0.6 is 0 Å². The van der Waals surface area contributed by atoms with Gasteiger partial charge in [0.05, 0.1) is 12.1 Å². The van der Waals surface area contributed by atoms with Crippen molar-refractivity contribution in [3.8, 4) is 0 Å². The van der Waals surface area contributed by atoms with Crippen molar-refractivity contribution >= 4 is 16.9 Å². The number of aliphatic imine (C=N–C) groups is 1. The summed E-state index contributed by atoms with van der Waals surface area (Å²) < 4.78 is 1.95. The van der Waals surface area contributed by atoms with Gasteiger partial charge in [0.25, 0.3) is 0 Å². The zero-order chi connectivity index (χ0) is 10.3. The maximum absolute atomic E-state index is 4.37. The van der Waals surface area contributed by atoms with Gasteiger partial charge in [-0.1, -0.05) is 12.1 Å². The highest BCUT2D eigenvalue weighted by Gasteiger charge is 2.18. The molecule has 0 spiro atoms. The molecule has 1 aliphatic rings. The maximum Gasteiger partial charge on any atom is 0.408 e. The van der Waals surface area contributed by atoms with Gasteiger partial charge in [0.1, 0.15) is 12.7 Å². The quantitative estimate of drug-likeness (QED) is 0.491. The van der Waals surface area contributed by atoms with Gasteiger partial charge in [-0.2, -0.15) is 0 Å². The zero-order valence-electron chi connectivity index (χ0n) is 9.00. The van der Waals surface area contributed by atoms with Crippen LogP contribution in [0.3, 0.4) is 0 Å². The van der Waals surface area contributed by atoms with E-state index in [9.17, 15) is 0 Å². The van der Waals surface area contributed by atoms with Crippen molar-refractivity contribution in [1.82, 2.24) is 10.4 Å². The zero-order valence-corrected chi connectivity index (χ0v) is 9.75. The van der Waals surface area contributed by atoms with Crippen molar-refractivity contribution in [1.29, 1.82) is 0 Å². The lowest BCUT2D eigenvalue weighted by Crippen LogP contribution is -3.00. The minimum Gasteiger partial charge on any atom is -1.00 e. The van der Waals surface area contributed by atoms with E-state index < -0.39 is 0 Å². The molecular formula is C11H13ClN4. The lowest BCUT2D eigenvalue weighted by molar-refractivity contribution is -0.618. The van der Waals surface area contributed by atoms with Crippen LogP contribution in [0.5, 0.6) is 0 Å². The molecule has 2 aromatic rings. The van der Waals surface area contributed by atoms with E-state index in [0.29, 0.717) is 0 Å². The summed E-state index contributed by atoms with van der Waals surface area (Å²) in [6, 6.07) is 6.28. The topological polar surface area (TPSA) is 44.1 Å². The van der Waals surface area contributed by atoms with E-state index in [2.05, 4.69) is 46.7 Å². The van der Waals surface area contributed by atoms with Gasteiger partial charge in [0, 0.05) is 5.39 Å². The number of hydrogen-bond donors (Lipinski definition) is 2. The normalized spacial score (nSPS) is 14.4. The number of nitrogens with one attached hydrogen (secondary N) is 2. The standard InChI is InChI=1S/C11H12N4.ClH/c1-8-3-2-4-9-7-15(14-10(8)9)11-12-5-6-13-11;/h2-4,7H,5-6H2,1H3,(H,12,13);1H. The van der Waals surface area contributed by atoms with Crippen molar-refractivity contribution in [2.24, 2.45) is 4.99 Å². The molecule has 2 N–H and O–H groups in total. The van der Waals surface area contributed by atoms with Crippen LogP contribution in [0, 0.1) is 6.92 Å². The number of halogens is 1. The number of H-pyrrole nitrogens is 1. The van der Waals surface area contributed by atoms with Gasteiger partial charge in [-0.05, 0) is 18.6 Å². The van der Waals surface area contributed by atoms with Crippen LogP contribution in [0.4, 0.5) is 0 Å². The summed E-state index contributed by atoms with van der Waals surface area (Å²) in [5, 5.41) is 7.78. The molecule has 5 heteroatoms. The highest BCUT2D eigenvalue weighted by atomic mass is 35.5. The number of aromatic nitrogens is 2. The fourth-order valence-corrected chi connectivity index (χ4v) is 1.90. The van der Waals surface area contributed by atoms with E-state index in [1.807, 2.05) is 4.68 Å². The molecule has 84 valence electrons. The molecule has 0 saturated carbocycles. The van der Waals surface area contributed by atoms with E-state index in [-0.39, 0.29) is 12.4 Å². The van der Waals surface area contributed by atoms with Gasteiger partial charge in [0.2, 0.25) is 0 Å². The molecule has 2 heterocycles. The van der Waals surface area contributed by atoms with Gasteiger partial charge in [-0.15, -0.1) is 9.67 Å². The third kappa shape index (κ3) is 1.65. The fourth-order valence-electron chi connectivity index (χ4n) is 1.90. The Morgan fingerprint density at radius 2 is 2.25 bits per heavy atom. The Kier molecular flexibility index (Phi) is 2.83. The van der Waals surface area contributed by atoms with Gasteiger partial charge in [0.15, 0.2) is 0 Å². The second-order valence-electron chi connectivity index (χ2n) is 3.78. The molecule has 0 fully saturated rings. The molecule has 0 aliphatic carbocycles. The number of fused-ring (bicyclic) bond motifs is 1. The van der Waals surface area contributed by atoms with Crippen LogP contribution in [-0.4, -0.2) is 24.1 Å². The Labute approximate surface area is 99.8 Å². The third-order valence-corrected chi connectivity index (χ3v) is 2.69. The van der Waals surface area contributed by atoms with Crippen LogP contribution in [0.2, 0.25) is 0 Å². The van der Waals surface area contributed by atoms with E-state index in [1.54, 1.807) is 0 Å². The molecule has 0 amide bonds. The molecule has 0 unspecified atom stereocenters. The molecule has 1 aromatic carbocycles. The molecule has 0 saturated heterocycles. The second-order valence-corrected chi connectivity index (χ2v) is 3.78. The smallest absolute Gasteiger partial charge is 0.408 e. The Morgan fingerprint density at radius 1 is 1.38 bits per heavy atom.